The van der Waals surface area contributed by atoms with Gasteiger partial charge in [0.05, 0.1) is 5.69 Å². The van der Waals surface area contributed by atoms with Gasteiger partial charge in [-0.2, -0.15) is 0 Å². The van der Waals surface area contributed by atoms with E-state index in [-0.39, 0.29) is 10.6 Å². The first-order valence-electron chi connectivity index (χ1n) is 5.22. The average molecular weight is 488 g/mol. The van der Waals surface area contributed by atoms with Gasteiger partial charge in [-0.25, -0.2) is 12.8 Å². The van der Waals surface area contributed by atoms with E-state index in [1.807, 2.05) is 0 Å². The van der Waals surface area contributed by atoms with Crippen LogP contribution in [0.2, 0.25) is 0 Å². The van der Waals surface area contributed by atoms with E-state index in [1.54, 1.807) is 12.1 Å². The highest BCUT2D eigenvalue weighted by molar-refractivity contribution is 9.11. The Balaban J connectivity index is 2.46. The summed E-state index contributed by atoms with van der Waals surface area (Å²) < 4.78 is 42.0. The third-order valence-electron chi connectivity index (χ3n) is 2.36. The molecule has 0 saturated heterocycles. The van der Waals surface area contributed by atoms with E-state index in [9.17, 15) is 12.8 Å². The molecule has 2 aromatic rings. The first-order chi connectivity index (χ1) is 9.29. The molecule has 0 spiro atoms. The molecule has 0 radical (unpaired) electrons. The summed E-state index contributed by atoms with van der Waals surface area (Å²) in [5.74, 6) is -0.650. The molecule has 2 rings (SSSR count). The van der Waals surface area contributed by atoms with Crippen molar-refractivity contribution in [1.29, 1.82) is 0 Å². The molecule has 0 aliphatic heterocycles. The van der Waals surface area contributed by atoms with Crippen LogP contribution in [-0.2, 0) is 10.0 Å². The number of halogens is 4. The fourth-order valence-corrected chi connectivity index (χ4v) is 4.38. The second-order valence-corrected chi connectivity index (χ2v) is 8.14. The van der Waals surface area contributed by atoms with Gasteiger partial charge in [0.15, 0.2) is 0 Å². The van der Waals surface area contributed by atoms with Crippen LogP contribution in [0.4, 0.5) is 10.1 Å². The first kappa shape index (κ1) is 15.9. The van der Waals surface area contributed by atoms with E-state index < -0.39 is 15.8 Å². The Bertz CT molecular complexity index is 765. The normalized spacial score (nSPS) is 11.4. The highest BCUT2D eigenvalue weighted by Crippen LogP contribution is 2.29. The van der Waals surface area contributed by atoms with Crippen LogP contribution < -0.4 is 4.72 Å². The van der Waals surface area contributed by atoms with E-state index in [2.05, 4.69) is 52.5 Å². The van der Waals surface area contributed by atoms with Crippen molar-refractivity contribution < 1.29 is 12.8 Å². The van der Waals surface area contributed by atoms with Gasteiger partial charge in [0.1, 0.15) is 10.7 Å². The molecule has 3 nitrogen and oxygen atoms in total. The number of anilines is 1. The summed E-state index contributed by atoms with van der Waals surface area (Å²) in [7, 11) is -3.89. The minimum atomic E-state index is -3.89. The summed E-state index contributed by atoms with van der Waals surface area (Å²) in [5.41, 5.74) is -0.119. The predicted molar refractivity (Wildman–Crippen MR) is 86.8 cm³/mol. The van der Waals surface area contributed by atoms with Gasteiger partial charge in [-0.3, -0.25) is 4.72 Å². The van der Waals surface area contributed by atoms with E-state index >= 15 is 0 Å². The number of sulfonamides is 1. The minimum absolute atomic E-state index is 0.0197. The van der Waals surface area contributed by atoms with Crippen molar-refractivity contribution in [3.8, 4) is 0 Å². The van der Waals surface area contributed by atoms with Crippen molar-refractivity contribution in [3.63, 3.8) is 0 Å². The predicted octanol–water partition coefficient (Wildman–Crippen LogP) is 4.91. The largest absolute Gasteiger partial charge is 0.277 e. The third kappa shape index (κ3) is 3.60. The zero-order valence-corrected chi connectivity index (χ0v) is 15.3. The smallest absolute Gasteiger partial charge is 0.263 e. The number of rotatable bonds is 3. The maximum Gasteiger partial charge on any atom is 0.263 e. The topological polar surface area (TPSA) is 46.2 Å². The molecule has 20 heavy (non-hydrogen) atoms. The van der Waals surface area contributed by atoms with Crippen LogP contribution >= 0.6 is 47.8 Å². The average Bonchev–Trinajstić information content (AvgIpc) is 2.36. The number of hydrogen-bond donors (Lipinski definition) is 1. The first-order valence-corrected chi connectivity index (χ1v) is 9.09. The van der Waals surface area contributed by atoms with Crippen molar-refractivity contribution >= 4 is 63.5 Å². The fraction of sp³-hybridized carbons (Fsp3) is 0. The molecule has 0 aromatic heterocycles. The second-order valence-electron chi connectivity index (χ2n) is 3.80. The Morgan fingerprint density at radius 1 is 0.950 bits per heavy atom. The molecule has 8 heteroatoms. The summed E-state index contributed by atoms with van der Waals surface area (Å²) in [6.07, 6.45) is 0. The van der Waals surface area contributed by atoms with Crippen LogP contribution in [-0.4, -0.2) is 8.42 Å². The van der Waals surface area contributed by atoms with Gasteiger partial charge in [-0.1, -0.05) is 31.9 Å². The van der Waals surface area contributed by atoms with Gasteiger partial charge >= 0.3 is 0 Å². The van der Waals surface area contributed by atoms with Gasteiger partial charge in [0, 0.05) is 13.4 Å². The van der Waals surface area contributed by atoms with Crippen LogP contribution in [0.3, 0.4) is 0 Å². The highest BCUT2D eigenvalue weighted by Gasteiger charge is 2.19. The van der Waals surface area contributed by atoms with Crippen LogP contribution in [0.1, 0.15) is 0 Å². The molecule has 0 atom stereocenters. The zero-order chi connectivity index (χ0) is 14.9. The fourth-order valence-electron chi connectivity index (χ4n) is 1.46. The summed E-state index contributed by atoms with van der Waals surface area (Å²) >= 11 is 9.54. The standard InChI is InChI=1S/C12H7Br3FNO2S/c13-7-2-4-10(16)11(5-7)17-20(18,19)12-6-8(14)1-3-9(12)15/h1-6,17H. The van der Waals surface area contributed by atoms with Crippen molar-refractivity contribution in [1.82, 2.24) is 0 Å². The lowest BCUT2D eigenvalue weighted by Gasteiger charge is -2.11. The molecule has 0 aliphatic carbocycles. The number of nitrogens with one attached hydrogen (secondary N) is 1. The molecular weight excluding hydrogens is 481 g/mol. The molecule has 2 aromatic carbocycles. The SMILES string of the molecule is O=S(=O)(Nc1cc(Br)ccc1F)c1cc(Br)ccc1Br. The van der Waals surface area contributed by atoms with Gasteiger partial charge in [0.25, 0.3) is 10.0 Å². The summed E-state index contributed by atoms with van der Waals surface area (Å²) in [5, 5.41) is 0. The molecule has 0 aliphatic rings. The Labute approximate surface area is 141 Å². The summed E-state index contributed by atoms with van der Waals surface area (Å²) in [4.78, 5) is 0.0197. The Hall–Kier alpha value is -0.440. The lowest BCUT2D eigenvalue weighted by Crippen LogP contribution is -2.14. The number of hydrogen-bond acceptors (Lipinski definition) is 2. The van der Waals surface area contributed by atoms with Crippen LogP contribution in [0, 0.1) is 5.82 Å². The number of benzene rings is 2. The maximum atomic E-state index is 13.6. The van der Waals surface area contributed by atoms with E-state index in [0.717, 1.165) is 0 Å². The van der Waals surface area contributed by atoms with E-state index in [1.165, 1.54) is 24.3 Å². The van der Waals surface area contributed by atoms with Gasteiger partial charge < -0.3 is 0 Å². The molecule has 0 unspecified atom stereocenters. The monoisotopic (exact) mass is 485 g/mol. The maximum absolute atomic E-state index is 13.6. The second kappa shape index (κ2) is 6.13. The van der Waals surface area contributed by atoms with E-state index in [4.69, 9.17) is 0 Å². The van der Waals surface area contributed by atoms with Crippen LogP contribution in [0.15, 0.2) is 54.7 Å². The van der Waals surface area contributed by atoms with Gasteiger partial charge in [-0.15, -0.1) is 0 Å². The molecule has 0 bridgehead atoms. The quantitative estimate of drug-likeness (QED) is 0.668. The zero-order valence-electron chi connectivity index (χ0n) is 9.70. The van der Waals surface area contributed by atoms with Crippen LogP contribution in [0.25, 0.3) is 0 Å². The van der Waals surface area contributed by atoms with Crippen molar-refractivity contribution in [2.24, 2.45) is 0 Å². The molecule has 0 amide bonds. The van der Waals surface area contributed by atoms with Gasteiger partial charge in [0.2, 0.25) is 0 Å². The molecule has 1 N–H and O–H groups in total. The Morgan fingerprint density at radius 3 is 2.25 bits per heavy atom. The minimum Gasteiger partial charge on any atom is -0.277 e. The lowest BCUT2D eigenvalue weighted by molar-refractivity contribution is 0.598. The van der Waals surface area contributed by atoms with Crippen molar-refractivity contribution in [3.05, 3.63) is 55.6 Å². The Kier molecular flexibility index (Phi) is 4.88. The van der Waals surface area contributed by atoms with Gasteiger partial charge in [-0.05, 0) is 52.3 Å². The summed E-state index contributed by atoms with van der Waals surface area (Å²) in [6.45, 7) is 0. The molecular formula is C12H7Br3FNO2S. The summed E-state index contributed by atoms with van der Waals surface area (Å²) in [6, 6.07) is 8.75. The highest BCUT2D eigenvalue weighted by atomic mass is 79.9. The molecule has 0 saturated carbocycles. The molecule has 0 heterocycles. The van der Waals surface area contributed by atoms with Crippen molar-refractivity contribution in [2.75, 3.05) is 4.72 Å². The third-order valence-corrected chi connectivity index (χ3v) is 5.70. The molecule has 106 valence electrons. The van der Waals surface area contributed by atoms with Crippen molar-refractivity contribution in [2.45, 2.75) is 4.90 Å². The van der Waals surface area contributed by atoms with Crippen LogP contribution in [0.5, 0.6) is 0 Å². The molecule has 0 fully saturated rings. The lowest BCUT2D eigenvalue weighted by atomic mass is 10.3. The van der Waals surface area contributed by atoms with E-state index in [0.29, 0.717) is 13.4 Å². The Morgan fingerprint density at radius 2 is 1.55 bits per heavy atom.